The van der Waals surface area contributed by atoms with Crippen LogP contribution in [0.1, 0.15) is 6.92 Å². The second kappa shape index (κ2) is 9.57. The summed E-state index contributed by atoms with van der Waals surface area (Å²) in [6.07, 6.45) is 0. The molecule has 0 saturated heterocycles. The van der Waals surface area contributed by atoms with E-state index < -0.39 is 0 Å². The van der Waals surface area contributed by atoms with Gasteiger partial charge < -0.3 is 29.5 Å². The Morgan fingerprint density at radius 2 is 1.20 bits per heavy atom. The largest absolute Gasteiger partial charge is 0.488 e. The number of aliphatic hydroxyl groups excluding tert-OH is 3. The van der Waals surface area contributed by atoms with Gasteiger partial charge in [0.2, 0.25) is 0 Å². The van der Waals surface area contributed by atoms with Gasteiger partial charge >= 0.3 is 5.95 Å². The third-order valence-corrected chi connectivity index (χ3v) is 1.35. The molecule has 0 aromatic heterocycles. The van der Waals surface area contributed by atoms with Gasteiger partial charge in [-0.15, -0.1) is 0 Å². The fourth-order valence-corrected chi connectivity index (χ4v) is 0.779. The van der Waals surface area contributed by atoms with E-state index in [0.717, 1.165) is 0 Å². The number of hydrogen-bond donors (Lipinski definition) is 3. The van der Waals surface area contributed by atoms with Crippen molar-refractivity contribution < 1.29 is 29.5 Å². The van der Waals surface area contributed by atoms with Crippen molar-refractivity contribution in [2.24, 2.45) is 0 Å². The van der Waals surface area contributed by atoms with Gasteiger partial charge in [0.25, 0.3) is 0 Å². The third kappa shape index (κ3) is 7.01. The molecule has 0 aromatic rings. The molecule has 90 valence electrons. The molecule has 0 radical (unpaired) electrons. The molecule has 6 heteroatoms. The number of ether oxygens (including phenoxy) is 3. The summed E-state index contributed by atoms with van der Waals surface area (Å²) in [6.45, 7) is 1.53. The predicted octanol–water partition coefficient (Wildman–Crippen LogP) is -0.798. The minimum Gasteiger partial charge on any atom is -0.488 e. The quantitative estimate of drug-likeness (QED) is 0.443. The lowest BCUT2D eigenvalue weighted by atomic mass is 10.6. The summed E-state index contributed by atoms with van der Waals surface area (Å²) >= 11 is 0. The summed E-state index contributed by atoms with van der Waals surface area (Å²) in [5.41, 5.74) is 0. The molecule has 15 heavy (non-hydrogen) atoms. The Balaban J connectivity index is 4.14. The maximum atomic E-state index is 8.57. The lowest BCUT2D eigenvalue weighted by Gasteiger charge is -2.13. The Bertz CT molecular complexity index is 169. The summed E-state index contributed by atoms with van der Waals surface area (Å²) < 4.78 is 15.1. The van der Waals surface area contributed by atoms with E-state index in [1.165, 1.54) is 0 Å². The van der Waals surface area contributed by atoms with Crippen molar-refractivity contribution >= 4 is 0 Å². The van der Waals surface area contributed by atoms with Crippen molar-refractivity contribution in [3.63, 3.8) is 0 Å². The molecule has 3 N–H and O–H groups in total. The molecule has 6 nitrogen and oxygen atoms in total. The smallest absolute Gasteiger partial charge is 0.318 e. The van der Waals surface area contributed by atoms with Crippen molar-refractivity contribution in [3.05, 3.63) is 11.7 Å². The topological polar surface area (TPSA) is 88.4 Å². The zero-order chi connectivity index (χ0) is 11.5. The van der Waals surface area contributed by atoms with E-state index in [1.54, 1.807) is 6.92 Å². The highest BCUT2D eigenvalue weighted by atomic mass is 16.7. The first kappa shape index (κ1) is 14.0. The molecule has 0 spiro atoms. The van der Waals surface area contributed by atoms with E-state index in [1.807, 2.05) is 0 Å². The summed E-state index contributed by atoms with van der Waals surface area (Å²) in [4.78, 5) is 0. The molecule has 0 saturated carbocycles. The Kier molecular flexibility index (Phi) is 8.95. The van der Waals surface area contributed by atoms with Crippen molar-refractivity contribution in [1.82, 2.24) is 0 Å². The molecule has 0 bridgehead atoms. The Hall–Kier alpha value is -0.980. The van der Waals surface area contributed by atoms with E-state index in [-0.39, 0.29) is 45.6 Å². The van der Waals surface area contributed by atoms with Crippen LogP contribution in [0.3, 0.4) is 0 Å². The van der Waals surface area contributed by atoms with Crippen LogP contribution in [0, 0.1) is 0 Å². The molecule has 0 atom stereocenters. The summed E-state index contributed by atoms with van der Waals surface area (Å²) in [5, 5.41) is 25.7. The number of allylic oxidation sites excluding steroid dienone is 1. The minimum atomic E-state index is -0.140. The van der Waals surface area contributed by atoms with Crippen molar-refractivity contribution in [2.75, 3.05) is 39.6 Å². The van der Waals surface area contributed by atoms with Gasteiger partial charge in [0.1, 0.15) is 19.8 Å². The summed E-state index contributed by atoms with van der Waals surface area (Å²) in [7, 11) is 0. The molecular weight excluding hydrogens is 204 g/mol. The highest BCUT2D eigenvalue weighted by Gasteiger charge is 2.07. The fourth-order valence-electron chi connectivity index (χ4n) is 0.779. The average Bonchev–Trinajstić information content (AvgIpc) is 2.26. The maximum Gasteiger partial charge on any atom is 0.318 e. The van der Waals surface area contributed by atoms with Gasteiger partial charge in [-0.2, -0.15) is 0 Å². The first-order valence-electron chi connectivity index (χ1n) is 4.68. The van der Waals surface area contributed by atoms with Crippen LogP contribution in [0.25, 0.3) is 0 Å². The lowest BCUT2D eigenvalue weighted by Crippen LogP contribution is -2.10. The zero-order valence-corrected chi connectivity index (χ0v) is 8.81. The molecule has 0 aliphatic rings. The van der Waals surface area contributed by atoms with E-state index in [4.69, 9.17) is 29.5 Å². The first-order chi connectivity index (χ1) is 7.26. The van der Waals surface area contributed by atoms with E-state index in [9.17, 15) is 0 Å². The van der Waals surface area contributed by atoms with E-state index in [2.05, 4.69) is 0 Å². The Morgan fingerprint density at radius 3 is 1.60 bits per heavy atom. The average molecular weight is 222 g/mol. The molecule has 0 fully saturated rings. The summed E-state index contributed by atoms with van der Waals surface area (Å²) in [6, 6.07) is 0. The lowest BCUT2D eigenvalue weighted by molar-refractivity contribution is -0.0103. The zero-order valence-electron chi connectivity index (χ0n) is 8.81. The summed E-state index contributed by atoms with van der Waals surface area (Å²) in [5.74, 6) is 0.484. The predicted molar refractivity (Wildman–Crippen MR) is 51.8 cm³/mol. The molecule has 0 aliphatic heterocycles. The Morgan fingerprint density at radius 1 is 0.800 bits per heavy atom. The molecule has 0 amide bonds. The van der Waals surface area contributed by atoms with Crippen LogP contribution in [0.4, 0.5) is 0 Å². The van der Waals surface area contributed by atoms with E-state index >= 15 is 0 Å². The minimum absolute atomic E-state index is 0.0839. The molecule has 0 unspecified atom stereocenters. The molecule has 0 aromatic carbocycles. The monoisotopic (exact) mass is 222 g/mol. The Labute approximate surface area is 88.7 Å². The van der Waals surface area contributed by atoms with Crippen LogP contribution < -0.4 is 0 Å². The normalized spacial score (nSPS) is 9.60. The van der Waals surface area contributed by atoms with Crippen LogP contribution in [0.2, 0.25) is 0 Å². The molecule has 0 rings (SSSR count). The van der Waals surface area contributed by atoms with Gasteiger partial charge in [-0.25, -0.2) is 0 Å². The van der Waals surface area contributed by atoms with Gasteiger partial charge in [0.15, 0.2) is 5.76 Å². The SMILES string of the molecule is CC(OCCO)=C(OCCO)OCCO. The van der Waals surface area contributed by atoms with Crippen LogP contribution in [0.5, 0.6) is 0 Å². The fraction of sp³-hybridized carbons (Fsp3) is 0.778. The van der Waals surface area contributed by atoms with Crippen LogP contribution >= 0.6 is 0 Å². The van der Waals surface area contributed by atoms with Crippen molar-refractivity contribution in [1.29, 1.82) is 0 Å². The van der Waals surface area contributed by atoms with Gasteiger partial charge in [0, 0.05) is 6.92 Å². The number of rotatable bonds is 9. The standard InChI is InChI=1S/C9H18O6/c1-8(13-5-2-10)9(14-6-3-11)15-7-4-12/h10-12H,2-7H2,1H3. The van der Waals surface area contributed by atoms with Gasteiger partial charge in [-0.3, -0.25) is 0 Å². The van der Waals surface area contributed by atoms with E-state index in [0.29, 0.717) is 5.76 Å². The molecule has 0 heterocycles. The third-order valence-electron chi connectivity index (χ3n) is 1.35. The molecular formula is C9H18O6. The highest BCUT2D eigenvalue weighted by Crippen LogP contribution is 2.08. The van der Waals surface area contributed by atoms with Crippen molar-refractivity contribution in [3.8, 4) is 0 Å². The number of hydrogen-bond acceptors (Lipinski definition) is 6. The second-order valence-corrected chi connectivity index (χ2v) is 2.56. The molecule has 0 aliphatic carbocycles. The first-order valence-corrected chi connectivity index (χ1v) is 4.68. The maximum absolute atomic E-state index is 8.57. The van der Waals surface area contributed by atoms with Crippen LogP contribution in [-0.4, -0.2) is 55.0 Å². The van der Waals surface area contributed by atoms with Crippen molar-refractivity contribution in [2.45, 2.75) is 6.92 Å². The number of aliphatic hydroxyl groups is 3. The van der Waals surface area contributed by atoms with Gasteiger partial charge in [-0.05, 0) is 0 Å². The highest BCUT2D eigenvalue weighted by molar-refractivity contribution is 4.90. The second-order valence-electron chi connectivity index (χ2n) is 2.56. The van der Waals surface area contributed by atoms with Gasteiger partial charge in [-0.1, -0.05) is 0 Å². The van der Waals surface area contributed by atoms with Crippen LogP contribution in [0.15, 0.2) is 11.7 Å². The van der Waals surface area contributed by atoms with Crippen LogP contribution in [-0.2, 0) is 14.2 Å². The van der Waals surface area contributed by atoms with Gasteiger partial charge in [0.05, 0.1) is 19.8 Å².